The summed E-state index contributed by atoms with van der Waals surface area (Å²) in [5.74, 6) is 0.304. The summed E-state index contributed by atoms with van der Waals surface area (Å²) < 4.78 is 31.7. The third-order valence-corrected chi connectivity index (χ3v) is 4.82. The normalized spacial score (nSPS) is 11.3. The van der Waals surface area contributed by atoms with Crippen molar-refractivity contribution in [2.45, 2.75) is 24.8 Å². The number of sulfonamides is 1. The number of nitrogens with one attached hydrogen (secondary N) is 2. The first-order chi connectivity index (χ1) is 11.3. The number of amides is 1. The minimum Gasteiger partial charge on any atom is -0.497 e. The standard InChI is InChI=1S/C17H20N2O4S/c1-12(2)19-24(21,22)16-9-7-13(8-10-16)17(20)18-14-5-4-6-15(11-14)23-3/h4-12,19H,1-3H3,(H,18,20). The highest BCUT2D eigenvalue weighted by Crippen LogP contribution is 2.18. The van der Waals surface area contributed by atoms with Gasteiger partial charge in [-0.1, -0.05) is 6.07 Å². The molecule has 0 aliphatic carbocycles. The van der Waals surface area contributed by atoms with Crippen molar-refractivity contribution in [1.82, 2.24) is 4.72 Å². The third kappa shape index (κ3) is 4.56. The van der Waals surface area contributed by atoms with E-state index in [1.807, 2.05) is 0 Å². The average molecular weight is 348 g/mol. The summed E-state index contributed by atoms with van der Waals surface area (Å²) in [5.41, 5.74) is 0.957. The van der Waals surface area contributed by atoms with Gasteiger partial charge in [0.05, 0.1) is 12.0 Å². The number of ether oxygens (including phenoxy) is 1. The lowest BCUT2D eigenvalue weighted by atomic mass is 10.2. The van der Waals surface area contributed by atoms with E-state index in [-0.39, 0.29) is 16.8 Å². The zero-order chi connectivity index (χ0) is 17.7. The molecule has 0 bridgehead atoms. The van der Waals surface area contributed by atoms with Gasteiger partial charge in [0.25, 0.3) is 5.91 Å². The number of carbonyl (C=O) groups excluding carboxylic acids is 1. The summed E-state index contributed by atoms with van der Waals surface area (Å²) in [6, 6.07) is 12.5. The largest absolute Gasteiger partial charge is 0.497 e. The maximum Gasteiger partial charge on any atom is 0.255 e. The Kier molecular flexibility index (Phi) is 5.58. The summed E-state index contributed by atoms with van der Waals surface area (Å²) in [6.07, 6.45) is 0. The topological polar surface area (TPSA) is 84.5 Å². The molecule has 0 heterocycles. The van der Waals surface area contributed by atoms with Crippen LogP contribution in [0.4, 0.5) is 5.69 Å². The molecule has 0 unspecified atom stereocenters. The van der Waals surface area contributed by atoms with Crippen molar-refractivity contribution < 1.29 is 17.9 Å². The van der Waals surface area contributed by atoms with Crippen molar-refractivity contribution in [3.63, 3.8) is 0 Å². The molecule has 0 atom stereocenters. The number of hydrogen-bond donors (Lipinski definition) is 2. The second-order valence-electron chi connectivity index (χ2n) is 5.49. The molecule has 2 N–H and O–H groups in total. The van der Waals surface area contributed by atoms with E-state index in [2.05, 4.69) is 10.0 Å². The molecular weight excluding hydrogens is 328 g/mol. The van der Waals surface area contributed by atoms with Crippen molar-refractivity contribution in [3.05, 3.63) is 54.1 Å². The highest BCUT2D eigenvalue weighted by molar-refractivity contribution is 7.89. The zero-order valence-corrected chi connectivity index (χ0v) is 14.6. The van der Waals surface area contributed by atoms with E-state index in [0.717, 1.165) is 0 Å². The van der Waals surface area contributed by atoms with Gasteiger partial charge in [0.1, 0.15) is 5.75 Å². The lowest BCUT2D eigenvalue weighted by molar-refractivity contribution is 0.102. The molecule has 7 heteroatoms. The molecule has 0 aliphatic heterocycles. The zero-order valence-electron chi connectivity index (χ0n) is 13.7. The SMILES string of the molecule is COc1cccc(NC(=O)c2ccc(S(=O)(=O)NC(C)C)cc2)c1. The molecule has 2 aromatic rings. The Morgan fingerprint density at radius 1 is 1.08 bits per heavy atom. The first kappa shape index (κ1) is 18.0. The maximum atomic E-state index is 12.2. The number of methoxy groups -OCH3 is 1. The average Bonchev–Trinajstić information content (AvgIpc) is 2.54. The van der Waals surface area contributed by atoms with Crippen LogP contribution in [0.2, 0.25) is 0 Å². The summed E-state index contributed by atoms with van der Waals surface area (Å²) in [4.78, 5) is 12.4. The fourth-order valence-electron chi connectivity index (χ4n) is 2.07. The minimum absolute atomic E-state index is 0.120. The molecular formula is C17H20N2O4S. The van der Waals surface area contributed by atoms with Gasteiger partial charge >= 0.3 is 0 Å². The van der Waals surface area contributed by atoms with Gasteiger partial charge in [0.2, 0.25) is 10.0 Å². The predicted molar refractivity (Wildman–Crippen MR) is 92.8 cm³/mol. The van der Waals surface area contributed by atoms with Crippen LogP contribution in [0.1, 0.15) is 24.2 Å². The molecule has 1 amide bonds. The van der Waals surface area contributed by atoms with Crippen LogP contribution in [0.5, 0.6) is 5.75 Å². The summed E-state index contributed by atoms with van der Waals surface area (Å²) in [6.45, 7) is 3.49. The summed E-state index contributed by atoms with van der Waals surface area (Å²) in [7, 11) is -2.02. The van der Waals surface area contributed by atoms with Gasteiger partial charge in [-0.15, -0.1) is 0 Å². The Morgan fingerprint density at radius 2 is 1.75 bits per heavy atom. The van der Waals surface area contributed by atoms with Gasteiger partial charge in [-0.3, -0.25) is 4.79 Å². The van der Waals surface area contributed by atoms with E-state index in [1.165, 1.54) is 24.3 Å². The number of hydrogen-bond acceptors (Lipinski definition) is 4. The van der Waals surface area contributed by atoms with Crippen LogP contribution in [-0.2, 0) is 10.0 Å². The molecule has 2 aromatic carbocycles. The van der Waals surface area contributed by atoms with Crippen LogP contribution in [-0.4, -0.2) is 27.5 Å². The Morgan fingerprint density at radius 3 is 2.33 bits per heavy atom. The fourth-order valence-corrected chi connectivity index (χ4v) is 3.32. The Balaban J connectivity index is 2.14. The van der Waals surface area contributed by atoms with Crippen LogP contribution in [0.3, 0.4) is 0 Å². The van der Waals surface area contributed by atoms with Crippen molar-refractivity contribution in [2.24, 2.45) is 0 Å². The van der Waals surface area contributed by atoms with Gasteiger partial charge in [0.15, 0.2) is 0 Å². The number of benzene rings is 2. The van der Waals surface area contributed by atoms with Crippen LogP contribution < -0.4 is 14.8 Å². The summed E-state index contributed by atoms with van der Waals surface area (Å²) in [5, 5.41) is 2.74. The molecule has 0 saturated carbocycles. The smallest absolute Gasteiger partial charge is 0.255 e. The molecule has 6 nitrogen and oxygen atoms in total. The Labute approximate surface area is 141 Å². The monoisotopic (exact) mass is 348 g/mol. The molecule has 0 aromatic heterocycles. The number of carbonyl (C=O) groups is 1. The van der Waals surface area contributed by atoms with E-state index >= 15 is 0 Å². The van der Waals surface area contributed by atoms with E-state index in [1.54, 1.807) is 45.2 Å². The van der Waals surface area contributed by atoms with Crippen molar-refractivity contribution in [2.75, 3.05) is 12.4 Å². The van der Waals surface area contributed by atoms with E-state index in [9.17, 15) is 13.2 Å². The highest BCUT2D eigenvalue weighted by atomic mass is 32.2. The molecule has 2 rings (SSSR count). The van der Waals surface area contributed by atoms with Crippen LogP contribution in [0.25, 0.3) is 0 Å². The molecule has 24 heavy (non-hydrogen) atoms. The molecule has 0 aliphatic rings. The first-order valence-corrected chi connectivity index (χ1v) is 8.88. The second-order valence-corrected chi connectivity index (χ2v) is 7.20. The highest BCUT2D eigenvalue weighted by Gasteiger charge is 2.16. The second kappa shape index (κ2) is 7.46. The lowest BCUT2D eigenvalue weighted by Crippen LogP contribution is -2.30. The molecule has 128 valence electrons. The van der Waals surface area contributed by atoms with Gasteiger partial charge in [-0.25, -0.2) is 13.1 Å². The van der Waals surface area contributed by atoms with Crippen molar-refractivity contribution in [1.29, 1.82) is 0 Å². The van der Waals surface area contributed by atoms with E-state index in [4.69, 9.17) is 4.74 Å². The Hall–Kier alpha value is -2.38. The molecule has 0 saturated heterocycles. The Bertz CT molecular complexity index is 815. The minimum atomic E-state index is -3.57. The van der Waals surface area contributed by atoms with Crippen molar-refractivity contribution in [3.8, 4) is 5.75 Å². The molecule has 0 spiro atoms. The van der Waals surface area contributed by atoms with E-state index < -0.39 is 10.0 Å². The van der Waals surface area contributed by atoms with Crippen LogP contribution >= 0.6 is 0 Å². The fraction of sp³-hybridized carbons (Fsp3) is 0.235. The van der Waals surface area contributed by atoms with E-state index in [0.29, 0.717) is 17.0 Å². The molecule has 0 radical (unpaired) electrons. The van der Waals surface area contributed by atoms with Crippen molar-refractivity contribution >= 4 is 21.6 Å². The summed E-state index contributed by atoms with van der Waals surface area (Å²) >= 11 is 0. The predicted octanol–water partition coefficient (Wildman–Crippen LogP) is 2.63. The third-order valence-electron chi connectivity index (χ3n) is 3.15. The quantitative estimate of drug-likeness (QED) is 0.840. The lowest BCUT2D eigenvalue weighted by Gasteiger charge is -2.10. The molecule has 0 fully saturated rings. The van der Waals surface area contributed by atoms with Crippen LogP contribution in [0, 0.1) is 0 Å². The first-order valence-electron chi connectivity index (χ1n) is 7.39. The number of anilines is 1. The number of rotatable bonds is 6. The van der Waals surface area contributed by atoms with Gasteiger partial charge < -0.3 is 10.1 Å². The van der Waals surface area contributed by atoms with Gasteiger partial charge in [-0.05, 0) is 50.2 Å². The van der Waals surface area contributed by atoms with Gasteiger partial charge in [-0.2, -0.15) is 0 Å². The maximum absolute atomic E-state index is 12.2. The van der Waals surface area contributed by atoms with Crippen LogP contribution in [0.15, 0.2) is 53.4 Å². The van der Waals surface area contributed by atoms with Gasteiger partial charge in [0, 0.05) is 23.4 Å².